The van der Waals surface area contributed by atoms with E-state index in [9.17, 15) is 14.4 Å². The van der Waals surface area contributed by atoms with E-state index in [4.69, 9.17) is 4.98 Å². The van der Waals surface area contributed by atoms with Crippen molar-refractivity contribution in [3.05, 3.63) is 99.8 Å². The quantitative estimate of drug-likeness (QED) is 0.219. The fraction of sp³-hybridized carbons (Fsp3) is 0.214. The van der Waals surface area contributed by atoms with Gasteiger partial charge in [-0.1, -0.05) is 54.2 Å². The molecule has 0 atom stereocenters. The summed E-state index contributed by atoms with van der Waals surface area (Å²) in [7, 11) is 0. The fourth-order valence-corrected chi connectivity index (χ4v) is 5.23. The molecule has 0 saturated carbocycles. The van der Waals surface area contributed by atoms with Crippen molar-refractivity contribution in [1.29, 1.82) is 0 Å². The third kappa shape index (κ3) is 5.20. The Morgan fingerprint density at radius 2 is 1.77 bits per heavy atom. The predicted molar refractivity (Wildman–Crippen MR) is 139 cm³/mol. The largest absolute Gasteiger partial charge is 0.326 e. The number of ketones is 1. The second kappa shape index (κ2) is 10.3. The van der Waals surface area contributed by atoms with Crippen LogP contribution < -0.4 is 10.9 Å². The molecule has 3 aromatic carbocycles. The molecule has 0 bridgehead atoms. The molecule has 0 unspecified atom stereocenters. The Balaban J connectivity index is 1.35. The van der Waals surface area contributed by atoms with Crippen LogP contribution >= 0.6 is 11.8 Å². The van der Waals surface area contributed by atoms with Crippen LogP contribution in [0.4, 0.5) is 5.69 Å². The maximum Gasteiger partial charge on any atom is 0.262 e. The van der Waals surface area contributed by atoms with Crippen LogP contribution in [0.5, 0.6) is 0 Å². The topological polar surface area (TPSA) is 81.1 Å². The normalized spacial score (nSPS) is 12.9. The van der Waals surface area contributed by atoms with Gasteiger partial charge in [-0.05, 0) is 60.7 Å². The van der Waals surface area contributed by atoms with E-state index < -0.39 is 0 Å². The number of nitrogens with one attached hydrogen (secondary N) is 1. The highest BCUT2D eigenvalue weighted by molar-refractivity contribution is 7.99. The number of fused-ring (bicyclic) bond motifs is 2. The van der Waals surface area contributed by atoms with E-state index in [-0.39, 0.29) is 23.0 Å². The number of benzene rings is 3. The Labute approximate surface area is 207 Å². The highest BCUT2D eigenvalue weighted by Gasteiger charge is 2.18. The number of rotatable bonds is 8. The molecule has 0 radical (unpaired) electrons. The summed E-state index contributed by atoms with van der Waals surface area (Å²) in [5.41, 5.74) is 4.13. The van der Waals surface area contributed by atoms with Crippen molar-refractivity contribution in [3.63, 3.8) is 0 Å². The summed E-state index contributed by atoms with van der Waals surface area (Å²) in [5, 5.41) is 3.98. The Kier molecular flexibility index (Phi) is 6.77. The molecule has 0 saturated heterocycles. The van der Waals surface area contributed by atoms with Crippen molar-refractivity contribution in [2.75, 3.05) is 11.1 Å². The van der Waals surface area contributed by atoms with Crippen molar-refractivity contribution in [2.24, 2.45) is 0 Å². The number of thioether (sulfide) groups is 1. The first-order valence-corrected chi connectivity index (χ1v) is 12.7. The third-order valence-corrected chi connectivity index (χ3v) is 7.15. The maximum atomic E-state index is 13.3. The zero-order valence-electron chi connectivity index (χ0n) is 19.2. The van der Waals surface area contributed by atoms with Gasteiger partial charge in [0.25, 0.3) is 5.56 Å². The lowest BCUT2D eigenvalue weighted by Crippen LogP contribution is -2.24. The number of anilines is 1. The van der Waals surface area contributed by atoms with Gasteiger partial charge in [0, 0.05) is 24.2 Å². The van der Waals surface area contributed by atoms with E-state index in [0.717, 1.165) is 24.1 Å². The van der Waals surface area contributed by atoms with Crippen LogP contribution in [-0.4, -0.2) is 27.0 Å². The molecule has 7 heteroatoms. The van der Waals surface area contributed by atoms with Crippen LogP contribution in [0.15, 0.2) is 82.7 Å². The standard InChI is InChI=1S/C28H25N3O3S/c32-25(21-12-14-23-20(17-21)13-15-26(33)29-23)18-35-28-30-24-11-5-4-10-22(24)27(34)31(28)16-6-9-19-7-2-1-3-8-19/h1-5,7-8,10-12,14,17H,6,9,13,15-16,18H2,(H,29,33). The number of hydrogen-bond donors (Lipinski definition) is 1. The second-order valence-corrected chi connectivity index (χ2v) is 9.53. The number of carbonyl (C=O) groups excluding carboxylic acids is 2. The molecule has 176 valence electrons. The van der Waals surface area contributed by atoms with Gasteiger partial charge in [-0.15, -0.1) is 0 Å². The summed E-state index contributed by atoms with van der Waals surface area (Å²) in [6.45, 7) is 0.528. The van der Waals surface area contributed by atoms with E-state index in [1.165, 1.54) is 17.3 Å². The molecule has 6 nitrogen and oxygen atoms in total. The van der Waals surface area contributed by atoms with Crippen LogP contribution in [-0.2, 0) is 24.2 Å². The highest BCUT2D eigenvalue weighted by atomic mass is 32.2. The molecule has 0 aliphatic carbocycles. The Morgan fingerprint density at radius 1 is 0.971 bits per heavy atom. The molecule has 5 rings (SSSR count). The number of nitrogens with zero attached hydrogens (tertiary/aromatic N) is 2. The first-order chi connectivity index (χ1) is 17.1. The van der Waals surface area contributed by atoms with Crippen LogP contribution in [0.25, 0.3) is 10.9 Å². The van der Waals surface area contributed by atoms with Crippen LogP contribution in [0.2, 0.25) is 0 Å². The average Bonchev–Trinajstić information content (AvgIpc) is 2.89. The monoisotopic (exact) mass is 483 g/mol. The van der Waals surface area contributed by atoms with Gasteiger partial charge in [0.05, 0.1) is 16.7 Å². The lowest BCUT2D eigenvalue weighted by molar-refractivity contribution is -0.116. The van der Waals surface area contributed by atoms with Gasteiger partial charge in [0.1, 0.15) is 0 Å². The zero-order valence-corrected chi connectivity index (χ0v) is 20.0. The Morgan fingerprint density at radius 3 is 2.63 bits per heavy atom. The summed E-state index contributed by atoms with van der Waals surface area (Å²) < 4.78 is 1.70. The minimum absolute atomic E-state index is 0.000235. The first-order valence-electron chi connectivity index (χ1n) is 11.7. The number of aromatic nitrogens is 2. The lowest BCUT2D eigenvalue weighted by Gasteiger charge is -2.17. The SMILES string of the molecule is O=C1CCc2cc(C(=O)CSc3nc4ccccc4c(=O)n3CCCc3ccccc3)ccc2N1. The van der Waals surface area contributed by atoms with Crippen molar-refractivity contribution in [3.8, 4) is 0 Å². The molecule has 1 aliphatic rings. The summed E-state index contributed by atoms with van der Waals surface area (Å²) in [4.78, 5) is 42.6. The smallest absolute Gasteiger partial charge is 0.262 e. The van der Waals surface area contributed by atoms with Gasteiger partial charge < -0.3 is 5.32 Å². The van der Waals surface area contributed by atoms with Crippen LogP contribution in [0.3, 0.4) is 0 Å². The number of amides is 1. The van der Waals surface area contributed by atoms with E-state index in [2.05, 4.69) is 17.4 Å². The van der Waals surface area contributed by atoms with E-state index in [1.807, 2.05) is 42.5 Å². The van der Waals surface area contributed by atoms with E-state index in [1.54, 1.807) is 22.8 Å². The van der Waals surface area contributed by atoms with Gasteiger partial charge in [-0.2, -0.15) is 0 Å². The highest BCUT2D eigenvalue weighted by Crippen LogP contribution is 2.25. The molecule has 1 amide bonds. The van der Waals surface area contributed by atoms with E-state index >= 15 is 0 Å². The number of Topliss-reactive ketones (excluding diaryl/α,β-unsaturated/α-hetero) is 1. The second-order valence-electron chi connectivity index (χ2n) is 8.59. The molecular weight excluding hydrogens is 458 g/mol. The van der Waals surface area contributed by atoms with Crippen molar-refractivity contribution in [2.45, 2.75) is 37.4 Å². The minimum atomic E-state index is -0.0804. The molecular formula is C28H25N3O3S. The van der Waals surface area contributed by atoms with Crippen LogP contribution in [0, 0.1) is 0 Å². The number of hydrogen-bond acceptors (Lipinski definition) is 5. The lowest BCUT2D eigenvalue weighted by atomic mass is 9.99. The molecule has 1 aliphatic heterocycles. The minimum Gasteiger partial charge on any atom is -0.326 e. The molecule has 1 N–H and O–H groups in total. The van der Waals surface area contributed by atoms with Crippen LogP contribution in [0.1, 0.15) is 34.3 Å². The maximum absolute atomic E-state index is 13.3. The Bertz CT molecular complexity index is 1460. The van der Waals surface area contributed by atoms with Crippen molar-refractivity contribution < 1.29 is 9.59 Å². The predicted octanol–water partition coefficient (Wildman–Crippen LogP) is 4.89. The summed E-state index contributed by atoms with van der Waals surface area (Å²) in [6.07, 6.45) is 2.70. The third-order valence-electron chi connectivity index (χ3n) is 6.17. The molecule has 4 aromatic rings. The first kappa shape index (κ1) is 23.1. The summed E-state index contributed by atoms with van der Waals surface area (Å²) in [6, 6.07) is 22.9. The molecule has 0 fully saturated rings. The van der Waals surface area contributed by atoms with Gasteiger partial charge >= 0.3 is 0 Å². The van der Waals surface area contributed by atoms with Gasteiger partial charge in [-0.3, -0.25) is 19.0 Å². The summed E-state index contributed by atoms with van der Waals surface area (Å²) >= 11 is 1.30. The van der Waals surface area contributed by atoms with Gasteiger partial charge in [0.15, 0.2) is 10.9 Å². The number of carbonyl (C=O) groups is 2. The number of aryl methyl sites for hydroxylation is 2. The zero-order chi connectivity index (χ0) is 24.2. The molecule has 2 heterocycles. The van der Waals surface area contributed by atoms with Crippen molar-refractivity contribution in [1.82, 2.24) is 9.55 Å². The number of para-hydroxylation sites is 1. The average molecular weight is 484 g/mol. The summed E-state index contributed by atoms with van der Waals surface area (Å²) in [5.74, 6) is 0.141. The van der Waals surface area contributed by atoms with Gasteiger partial charge in [-0.25, -0.2) is 4.98 Å². The molecule has 1 aromatic heterocycles. The van der Waals surface area contributed by atoms with Gasteiger partial charge in [0.2, 0.25) is 5.91 Å². The Hall–Kier alpha value is -3.71. The fourth-order valence-electron chi connectivity index (χ4n) is 4.31. The molecule has 35 heavy (non-hydrogen) atoms. The van der Waals surface area contributed by atoms with Crippen molar-refractivity contribution >= 4 is 40.0 Å². The molecule has 0 spiro atoms. The van der Waals surface area contributed by atoms with E-state index in [0.29, 0.717) is 41.0 Å².